The van der Waals surface area contributed by atoms with Gasteiger partial charge in [0, 0.05) is 6.54 Å². The number of carbonyl (C=O) groups excluding carboxylic acids is 1. The van der Waals surface area contributed by atoms with Crippen LogP contribution in [0.2, 0.25) is 0 Å². The number of methoxy groups -OCH3 is 1. The minimum Gasteiger partial charge on any atom is -0.464 e. The Balaban J connectivity index is 1.67. The fourth-order valence-corrected chi connectivity index (χ4v) is 4.18. The SMILES string of the molecule is COC(=O)c1ccc2c(n1)n(C1CCNC1)c(=O)n2-c1ccc(-c2ccccc2)cc1. The molecule has 1 aliphatic rings. The first-order valence-corrected chi connectivity index (χ1v) is 10.3. The monoisotopic (exact) mass is 414 g/mol. The van der Waals surface area contributed by atoms with Crippen LogP contribution in [0, 0.1) is 0 Å². The predicted molar refractivity (Wildman–Crippen MR) is 119 cm³/mol. The highest BCUT2D eigenvalue weighted by molar-refractivity contribution is 5.90. The van der Waals surface area contributed by atoms with E-state index < -0.39 is 5.97 Å². The van der Waals surface area contributed by atoms with Crippen LogP contribution in [0.1, 0.15) is 23.0 Å². The van der Waals surface area contributed by atoms with Crippen LogP contribution >= 0.6 is 0 Å². The lowest BCUT2D eigenvalue weighted by Crippen LogP contribution is -2.28. The number of esters is 1. The summed E-state index contributed by atoms with van der Waals surface area (Å²) in [6.45, 7) is 1.53. The van der Waals surface area contributed by atoms with E-state index in [1.165, 1.54) is 7.11 Å². The van der Waals surface area contributed by atoms with Gasteiger partial charge in [-0.15, -0.1) is 0 Å². The normalized spacial score (nSPS) is 16.0. The van der Waals surface area contributed by atoms with Gasteiger partial charge in [0.15, 0.2) is 11.3 Å². The highest BCUT2D eigenvalue weighted by Gasteiger charge is 2.25. The number of ether oxygens (including phenoxy) is 1. The third-order valence-electron chi connectivity index (χ3n) is 5.75. The standard InChI is InChI=1S/C24H22N4O3/c1-31-23(29)20-11-12-21-22(26-20)28(19-13-14-25-15-19)24(30)27(21)18-9-7-17(8-10-18)16-5-3-2-4-6-16/h2-12,19,25H,13-15H2,1H3. The fourth-order valence-electron chi connectivity index (χ4n) is 4.18. The first-order valence-electron chi connectivity index (χ1n) is 10.3. The summed E-state index contributed by atoms with van der Waals surface area (Å²) in [4.78, 5) is 30.1. The summed E-state index contributed by atoms with van der Waals surface area (Å²) < 4.78 is 8.18. The van der Waals surface area contributed by atoms with Gasteiger partial charge in [0.2, 0.25) is 0 Å². The molecule has 156 valence electrons. The van der Waals surface area contributed by atoms with Crippen molar-refractivity contribution in [3.63, 3.8) is 0 Å². The molecule has 1 atom stereocenters. The molecule has 31 heavy (non-hydrogen) atoms. The molecule has 1 unspecified atom stereocenters. The van der Waals surface area contributed by atoms with Gasteiger partial charge in [-0.05, 0) is 48.4 Å². The van der Waals surface area contributed by atoms with Crippen molar-refractivity contribution in [2.75, 3.05) is 20.2 Å². The molecule has 0 bridgehead atoms. The van der Waals surface area contributed by atoms with Crippen molar-refractivity contribution in [2.45, 2.75) is 12.5 Å². The fraction of sp³-hybridized carbons (Fsp3) is 0.208. The predicted octanol–water partition coefficient (Wildman–Crippen LogP) is 3.18. The Kier molecular flexibility index (Phi) is 4.88. The zero-order chi connectivity index (χ0) is 21.4. The Morgan fingerprint density at radius 1 is 1.03 bits per heavy atom. The number of hydrogen-bond acceptors (Lipinski definition) is 5. The quantitative estimate of drug-likeness (QED) is 0.519. The summed E-state index contributed by atoms with van der Waals surface area (Å²) in [6, 6.07) is 21.3. The van der Waals surface area contributed by atoms with Gasteiger partial charge in [-0.1, -0.05) is 42.5 Å². The molecule has 7 nitrogen and oxygen atoms in total. The molecule has 0 aliphatic carbocycles. The van der Waals surface area contributed by atoms with E-state index in [1.54, 1.807) is 21.3 Å². The number of hydrogen-bond donors (Lipinski definition) is 1. The van der Waals surface area contributed by atoms with Crippen molar-refractivity contribution >= 4 is 17.1 Å². The summed E-state index contributed by atoms with van der Waals surface area (Å²) in [5, 5.41) is 3.30. The van der Waals surface area contributed by atoms with E-state index in [4.69, 9.17) is 4.74 Å². The molecule has 3 heterocycles. The number of imidazole rings is 1. The molecule has 7 heteroatoms. The van der Waals surface area contributed by atoms with Crippen LogP contribution in [0.3, 0.4) is 0 Å². The maximum Gasteiger partial charge on any atom is 0.356 e. The van der Waals surface area contributed by atoms with Crippen LogP contribution in [0.5, 0.6) is 0 Å². The highest BCUT2D eigenvalue weighted by atomic mass is 16.5. The molecule has 2 aromatic heterocycles. The number of fused-ring (bicyclic) bond motifs is 1. The summed E-state index contributed by atoms with van der Waals surface area (Å²) >= 11 is 0. The Morgan fingerprint density at radius 2 is 1.77 bits per heavy atom. The van der Waals surface area contributed by atoms with E-state index in [1.807, 2.05) is 42.5 Å². The van der Waals surface area contributed by atoms with Crippen molar-refractivity contribution in [1.82, 2.24) is 19.4 Å². The van der Waals surface area contributed by atoms with E-state index >= 15 is 0 Å². The summed E-state index contributed by atoms with van der Waals surface area (Å²) in [6.07, 6.45) is 0.829. The van der Waals surface area contributed by atoms with Gasteiger partial charge < -0.3 is 10.1 Å². The lowest BCUT2D eigenvalue weighted by Gasteiger charge is -2.10. The van der Waals surface area contributed by atoms with Gasteiger partial charge >= 0.3 is 11.7 Å². The van der Waals surface area contributed by atoms with Crippen LogP contribution in [0.25, 0.3) is 28.0 Å². The number of nitrogens with one attached hydrogen (secondary N) is 1. The largest absolute Gasteiger partial charge is 0.464 e. The highest BCUT2D eigenvalue weighted by Crippen LogP contribution is 2.25. The molecule has 1 N–H and O–H groups in total. The van der Waals surface area contributed by atoms with Crippen molar-refractivity contribution in [2.24, 2.45) is 0 Å². The van der Waals surface area contributed by atoms with Gasteiger partial charge in [0.25, 0.3) is 0 Å². The van der Waals surface area contributed by atoms with E-state index in [0.29, 0.717) is 17.7 Å². The van der Waals surface area contributed by atoms with Gasteiger partial charge in [0.1, 0.15) is 0 Å². The summed E-state index contributed by atoms with van der Waals surface area (Å²) in [7, 11) is 1.32. The number of pyridine rings is 1. The zero-order valence-corrected chi connectivity index (χ0v) is 17.1. The van der Waals surface area contributed by atoms with Crippen LogP contribution in [0.15, 0.2) is 71.5 Å². The average Bonchev–Trinajstić information content (AvgIpc) is 3.44. The maximum atomic E-state index is 13.5. The minimum atomic E-state index is -0.523. The molecule has 5 rings (SSSR count). The second kappa shape index (κ2) is 7.85. The summed E-state index contributed by atoms with van der Waals surface area (Å²) in [5.41, 5.74) is 4.13. The Hall–Kier alpha value is -3.71. The van der Waals surface area contributed by atoms with E-state index in [-0.39, 0.29) is 17.4 Å². The Labute approximate surface area is 178 Å². The van der Waals surface area contributed by atoms with E-state index in [9.17, 15) is 9.59 Å². The molecule has 1 saturated heterocycles. The van der Waals surface area contributed by atoms with Crippen LogP contribution in [-0.2, 0) is 4.74 Å². The van der Waals surface area contributed by atoms with Gasteiger partial charge in [0.05, 0.1) is 24.4 Å². The van der Waals surface area contributed by atoms with Gasteiger partial charge in [-0.3, -0.25) is 9.13 Å². The van der Waals surface area contributed by atoms with Gasteiger partial charge in [-0.2, -0.15) is 0 Å². The van der Waals surface area contributed by atoms with E-state index in [0.717, 1.165) is 29.8 Å². The molecule has 1 aliphatic heterocycles. The third-order valence-corrected chi connectivity index (χ3v) is 5.75. The number of nitrogens with zero attached hydrogens (tertiary/aromatic N) is 3. The molecular formula is C24H22N4O3. The number of benzene rings is 2. The van der Waals surface area contributed by atoms with E-state index in [2.05, 4.69) is 22.4 Å². The zero-order valence-electron chi connectivity index (χ0n) is 17.1. The van der Waals surface area contributed by atoms with Crippen LogP contribution in [-0.4, -0.2) is 40.3 Å². The third kappa shape index (κ3) is 3.33. The lowest BCUT2D eigenvalue weighted by atomic mass is 10.1. The van der Waals surface area contributed by atoms with Crippen molar-refractivity contribution in [3.8, 4) is 16.8 Å². The second-order valence-corrected chi connectivity index (χ2v) is 7.58. The molecule has 0 spiro atoms. The second-order valence-electron chi connectivity index (χ2n) is 7.58. The molecule has 4 aromatic rings. The lowest BCUT2D eigenvalue weighted by molar-refractivity contribution is 0.0594. The smallest absolute Gasteiger partial charge is 0.356 e. The minimum absolute atomic E-state index is 0.0137. The molecule has 0 amide bonds. The summed E-state index contributed by atoms with van der Waals surface area (Å²) in [5.74, 6) is -0.523. The maximum absolute atomic E-state index is 13.5. The number of carbonyl (C=O) groups is 1. The molecular weight excluding hydrogens is 392 g/mol. The molecule has 2 aromatic carbocycles. The Morgan fingerprint density at radius 3 is 2.45 bits per heavy atom. The molecule has 1 fully saturated rings. The van der Waals surface area contributed by atoms with Crippen molar-refractivity contribution in [3.05, 3.63) is 82.9 Å². The topological polar surface area (TPSA) is 78.2 Å². The van der Waals surface area contributed by atoms with Crippen LogP contribution < -0.4 is 11.0 Å². The van der Waals surface area contributed by atoms with Gasteiger partial charge in [-0.25, -0.2) is 14.6 Å². The molecule has 0 saturated carbocycles. The Bertz CT molecular complexity index is 1300. The van der Waals surface area contributed by atoms with Crippen molar-refractivity contribution in [1.29, 1.82) is 0 Å². The van der Waals surface area contributed by atoms with Crippen molar-refractivity contribution < 1.29 is 9.53 Å². The first-order chi connectivity index (χ1) is 15.2. The number of rotatable bonds is 4. The van der Waals surface area contributed by atoms with Crippen LogP contribution in [0.4, 0.5) is 0 Å². The first kappa shape index (κ1) is 19.3. The molecule has 0 radical (unpaired) electrons. The average molecular weight is 414 g/mol. The number of aromatic nitrogens is 3.